The van der Waals surface area contributed by atoms with E-state index in [-0.39, 0.29) is 18.3 Å². The number of aromatic amines is 1. The topological polar surface area (TPSA) is 96.7 Å². The van der Waals surface area contributed by atoms with Crippen LogP contribution in [0.5, 0.6) is 0 Å². The lowest BCUT2D eigenvalue weighted by Gasteiger charge is -2.21. The van der Waals surface area contributed by atoms with E-state index in [4.69, 9.17) is 5.73 Å². The minimum Gasteiger partial charge on any atom is -0.318 e. The predicted octanol–water partition coefficient (Wildman–Crippen LogP) is 2.35. The SMILES string of the molecule is CCCC(C)(N)C(=O)Nc1cc(-c2ccncc2)[nH]n1.Cl. The molecule has 1 atom stereocenters. The molecule has 0 saturated carbocycles. The number of hydrogen-bond donors (Lipinski definition) is 3. The minimum absolute atomic E-state index is 0. The monoisotopic (exact) mass is 309 g/mol. The van der Waals surface area contributed by atoms with Crippen molar-refractivity contribution in [3.63, 3.8) is 0 Å². The van der Waals surface area contributed by atoms with Crippen LogP contribution in [0.1, 0.15) is 26.7 Å². The average Bonchev–Trinajstić information content (AvgIpc) is 2.88. The molecule has 4 N–H and O–H groups in total. The summed E-state index contributed by atoms with van der Waals surface area (Å²) >= 11 is 0. The molecule has 7 heteroatoms. The van der Waals surface area contributed by atoms with Crippen LogP contribution < -0.4 is 11.1 Å². The first-order valence-corrected chi connectivity index (χ1v) is 6.59. The number of carbonyl (C=O) groups is 1. The molecule has 1 unspecified atom stereocenters. The molecule has 2 aromatic heterocycles. The van der Waals surface area contributed by atoms with Crippen molar-refractivity contribution in [3.8, 4) is 11.3 Å². The third-order valence-electron chi connectivity index (χ3n) is 3.10. The molecule has 21 heavy (non-hydrogen) atoms. The molecular formula is C14H20ClN5O. The smallest absolute Gasteiger partial charge is 0.245 e. The molecule has 0 fully saturated rings. The van der Waals surface area contributed by atoms with E-state index in [1.54, 1.807) is 25.4 Å². The molecule has 0 aliphatic rings. The number of pyridine rings is 1. The molecule has 2 rings (SSSR count). The number of carbonyl (C=O) groups excluding carboxylic acids is 1. The number of hydrogen-bond acceptors (Lipinski definition) is 4. The summed E-state index contributed by atoms with van der Waals surface area (Å²) in [6.07, 6.45) is 4.88. The number of halogens is 1. The maximum atomic E-state index is 12.1. The number of anilines is 1. The van der Waals surface area contributed by atoms with E-state index >= 15 is 0 Å². The summed E-state index contributed by atoms with van der Waals surface area (Å²) in [6.45, 7) is 3.72. The van der Waals surface area contributed by atoms with Gasteiger partial charge in [0.2, 0.25) is 5.91 Å². The molecule has 0 aliphatic heterocycles. The van der Waals surface area contributed by atoms with Gasteiger partial charge in [-0.2, -0.15) is 5.10 Å². The Morgan fingerprint density at radius 3 is 2.71 bits per heavy atom. The van der Waals surface area contributed by atoms with Crippen molar-refractivity contribution >= 4 is 24.1 Å². The van der Waals surface area contributed by atoms with E-state index in [1.165, 1.54) is 0 Å². The Balaban J connectivity index is 0.00000220. The number of nitrogens with one attached hydrogen (secondary N) is 2. The van der Waals surface area contributed by atoms with Gasteiger partial charge in [0.1, 0.15) is 0 Å². The molecule has 2 aromatic rings. The van der Waals surface area contributed by atoms with Crippen LogP contribution in [0.2, 0.25) is 0 Å². The zero-order chi connectivity index (χ0) is 14.6. The van der Waals surface area contributed by atoms with Crippen molar-refractivity contribution in [2.45, 2.75) is 32.2 Å². The Bertz CT molecular complexity index is 582. The van der Waals surface area contributed by atoms with Gasteiger partial charge in [-0.15, -0.1) is 12.4 Å². The zero-order valence-corrected chi connectivity index (χ0v) is 12.9. The summed E-state index contributed by atoms with van der Waals surface area (Å²) in [5.41, 5.74) is 6.87. The van der Waals surface area contributed by atoms with Gasteiger partial charge in [-0.05, 0) is 25.5 Å². The predicted molar refractivity (Wildman–Crippen MR) is 85.2 cm³/mol. The maximum absolute atomic E-state index is 12.1. The molecule has 0 bridgehead atoms. The molecule has 0 aliphatic carbocycles. The van der Waals surface area contributed by atoms with Crippen LogP contribution in [-0.4, -0.2) is 26.6 Å². The fourth-order valence-corrected chi connectivity index (χ4v) is 1.96. The summed E-state index contributed by atoms with van der Waals surface area (Å²) in [7, 11) is 0. The van der Waals surface area contributed by atoms with Crippen molar-refractivity contribution in [3.05, 3.63) is 30.6 Å². The molecule has 2 heterocycles. The molecule has 114 valence electrons. The van der Waals surface area contributed by atoms with Gasteiger partial charge in [0.25, 0.3) is 0 Å². The first-order chi connectivity index (χ1) is 9.53. The second-order valence-corrected chi connectivity index (χ2v) is 5.02. The molecule has 0 radical (unpaired) electrons. The summed E-state index contributed by atoms with van der Waals surface area (Å²) in [6, 6.07) is 5.50. The molecule has 0 saturated heterocycles. The van der Waals surface area contributed by atoms with Crippen molar-refractivity contribution in [1.82, 2.24) is 15.2 Å². The van der Waals surface area contributed by atoms with Gasteiger partial charge in [0.05, 0.1) is 11.2 Å². The van der Waals surface area contributed by atoms with Crippen LogP contribution in [0.15, 0.2) is 30.6 Å². The normalized spacial score (nSPS) is 13.1. The lowest BCUT2D eigenvalue weighted by Crippen LogP contribution is -2.48. The number of aromatic nitrogens is 3. The summed E-state index contributed by atoms with van der Waals surface area (Å²) in [5, 5.41) is 9.69. The lowest BCUT2D eigenvalue weighted by molar-refractivity contribution is -0.120. The number of nitrogens with zero attached hydrogens (tertiary/aromatic N) is 2. The van der Waals surface area contributed by atoms with Crippen LogP contribution in [0, 0.1) is 0 Å². The van der Waals surface area contributed by atoms with Crippen LogP contribution in [0.3, 0.4) is 0 Å². The Hall–Kier alpha value is -1.92. The van der Waals surface area contributed by atoms with Gasteiger partial charge in [-0.1, -0.05) is 13.3 Å². The van der Waals surface area contributed by atoms with Gasteiger partial charge >= 0.3 is 0 Å². The summed E-state index contributed by atoms with van der Waals surface area (Å²) in [5.74, 6) is 0.238. The molecular weight excluding hydrogens is 290 g/mol. The Labute approximate surface area is 129 Å². The molecule has 1 amide bonds. The van der Waals surface area contributed by atoms with Crippen molar-refractivity contribution < 1.29 is 4.79 Å². The molecule has 0 spiro atoms. The highest BCUT2D eigenvalue weighted by molar-refractivity contribution is 5.97. The van der Waals surface area contributed by atoms with Crippen LogP contribution in [-0.2, 0) is 4.79 Å². The highest BCUT2D eigenvalue weighted by atomic mass is 35.5. The number of H-pyrrole nitrogens is 1. The standard InChI is InChI=1S/C14H19N5O.ClH/c1-3-6-14(2,15)13(20)17-12-9-11(18-19-12)10-4-7-16-8-5-10;/h4-5,7-9H,3,6,15H2,1-2H3,(H2,17,18,19,20);1H. The Morgan fingerprint density at radius 1 is 1.43 bits per heavy atom. The third kappa shape index (κ3) is 4.27. The fraction of sp³-hybridized carbons (Fsp3) is 0.357. The van der Waals surface area contributed by atoms with E-state index in [9.17, 15) is 4.79 Å². The first-order valence-electron chi connectivity index (χ1n) is 6.59. The zero-order valence-electron chi connectivity index (χ0n) is 12.1. The first kappa shape index (κ1) is 17.1. The van der Waals surface area contributed by atoms with Crippen LogP contribution >= 0.6 is 12.4 Å². The highest BCUT2D eigenvalue weighted by Gasteiger charge is 2.27. The second kappa shape index (κ2) is 7.19. The number of amides is 1. The number of nitrogens with two attached hydrogens (primary N) is 1. The summed E-state index contributed by atoms with van der Waals surface area (Å²) < 4.78 is 0. The summed E-state index contributed by atoms with van der Waals surface area (Å²) in [4.78, 5) is 16.0. The van der Waals surface area contributed by atoms with Gasteiger partial charge in [0, 0.05) is 24.0 Å². The van der Waals surface area contributed by atoms with E-state index in [2.05, 4.69) is 20.5 Å². The maximum Gasteiger partial charge on any atom is 0.245 e. The van der Waals surface area contributed by atoms with Crippen molar-refractivity contribution in [2.75, 3.05) is 5.32 Å². The second-order valence-electron chi connectivity index (χ2n) is 5.02. The van der Waals surface area contributed by atoms with Gasteiger partial charge in [0.15, 0.2) is 5.82 Å². The lowest BCUT2D eigenvalue weighted by atomic mass is 9.96. The number of rotatable bonds is 5. The average molecular weight is 310 g/mol. The quantitative estimate of drug-likeness (QED) is 0.789. The van der Waals surface area contributed by atoms with Gasteiger partial charge in [-0.25, -0.2) is 0 Å². The largest absolute Gasteiger partial charge is 0.318 e. The van der Waals surface area contributed by atoms with E-state index in [1.807, 2.05) is 19.1 Å². The van der Waals surface area contributed by atoms with Crippen molar-refractivity contribution in [1.29, 1.82) is 0 Å². The Morgan fingerprint density at radius 2 is 2.10 bits per heavy atom. The van der Waals surface area contributed by atoms with Gasteiger partial charge in [-0.3, -0.25) is 14.9 Å². The van der Waals surface area contributed by atoms with Gasteiger partial charge < -0.3 is 11.1 Å². The van der Waals surface area contributed by atoms with E-state index in [0.29, 0.717) is 12.2 Å². The third-order valence-corrected chi connectivity index (χ3v) is 3.10. The highest BCUT2D eigenvalue weighted by Crippen LogP contribution is 2.19. The Kier molecular flexibility index (Phi) is 5.87. The van der Waals surface area contributed by atoms with Crippen molar-refractivity contribution in [2.24, 2.45) is 5.73 Å². The van der Waals surface area contributed by atoms with Crippen LogP contribution in [0.4, 0.5) is 5.82 Å². The fourth-order valence-electron chi connectivity index (χ4n) is 1.96. The van der Waals surface area contributed by atoms with Crippen LogP contribution in [0.25, 0.3) is 11.3 Å². The minimum atomic E-state index is -0.884. The van der Waals surface area contributed by atoms with E-state index in [0.717, 1.165) is 17.7 Å². The van der Waals surface area contributed by atoms with E-state index < -0.39 is 5.54 Å². The molecule has 0 aromatic carbocycles. The molecule has 6 nitrogen and oxygen atoms in total.